The zero-order valence-electron chi connectivity index (χ0n) is 13.7. The van der Waals surface area contributed by atoms with Gasteiger partial charge >= 0.3 is 0 Å². The molecule has 1 aromatic carbocycles. The van der Waals surface area contributed by atoms with E-state index in [2.05, 4.69) is 22.4 Å². The van der Waals surface area contributed by atoms with Gasteiger partial charge in [-0.15, -0.1) is 0 Å². The van der Waals surface area contributed by atoms with E-state index >= 15 is 0 Å². The third-order valence-corrected chi connectivity index (χ3v) is 5.05. The first-order valence-electron chi connectivity index (χ1n) is 8.78. The quantitative estimate of drug-likeness (QED) is 0.906. The summed E-state index contributed by atoms with van der Waals surface area (Å²) in [4.78, 5) is 4.60. The molecule has 0 radical (unpaired) electrons. The average Bonchev–Trinajstić information content (AvgIpc) is 3.42. The summed E-state index contributed by atoms with van der Waals surface area (Å²) in [7, 11) is 0. The Balaban J connectivity index is 1.39. The third kappa shape index (κ3) is 3.50. The van der Waals surface area contributed by atoms with Crippen molar-refractivity contribution in [2.24, 2.45) is 0 Å². The van der Waals surface area contributed by atoms with Crippen LogP contribution in [0.3, 0.4) is 0 Å². The number of benzene rings is 1. The van der Waals surface area contributed by atoms with Crippen molar-refractivity contribution in [3.05, 3.63) is 53.7 Å². The molecule has 2 atom stereocenters. The van der Waals surface area contributed by atoms with Crippen LogP contribution >= 0.6 is 0 Å². The molecule has 1 aliphatic heterocycles. The number of hydrogen-bond acceptors (Lipinski definition) is 3. The predicted octanol–water partition coefficient (Wildman–Crippen LogP) is 3.84. The molecule has 0 amide bonds. The third-order valence-electron chi connectivity index (χ3n) is 5.05. The Bertz CT molecular complexity index is 682. The number of halogens is 1. The van der Waals surface area contributed by atoms with Gasteiger partial charge in [0.15, 0.2) is 0 Å². The number of nitrogens with zero attached hydrogens (tertiary/aromatic N) is 1. The lowest BCUT2D eigenvalue weighted by Crippen LogP contribution is -2.36. The maximum absolute atomic E-state index is 12.8. The van der Waals surface area contributed by atoms with Gasteiger partial charge in [-0.25, -0.2) is 4.39 Å². The number of nitrogens with one attached hydrogen (secondary N) is 1. The monoisotopic (exact) mass is 326 g/mol. The molecule has 4 rings (SSSR count). The largest absolute Gasteiger partial charge is 0.381 e. The average molecular weight is 326 g/mol. The zero-order chi connectivity index (χ0) is 16.4. The predicted molar refractivity (Wildman–Crippen MR) is 92.6 cm³/mol. The van der Waals surface area contributed by atoms with Gasteiger partial charge in [0, 0.05) is 43.0 Å². The molecule has 0 spiro atoms. The number of ether oxygens (including phenoxy) is 1. The van der Waals surface area contributed by atoms with Crippen molar-refractivity contribution < 1.29 is 9.13 Å². The van der Waals surface area contributed by atoms with E-state index in [0.29, 0.717) is 23.6 Å². The van der Waals surface area contributed by atoms with Crippen LogP contribution in [0, 0.1) is 0 Å². The SMILES string of the molecule is FCc1cccc(-c2ccc([C@H]3C[C@@H]3NC3CCOCC3)cn2)c1. The highest BCUT2D eigenvalue weighted by Gasteiger charge is 2.39. The second kappa shape index (κ2) is 6.99. The Kier molecular flexibility index (Phi) is 4.58. The molecule has 0 bridgehead atoms. The van der Waals surface area contributed by atoms with Crippen molar-refractivity contribution in [2.45, 2.75) is 43.9 Å². The second-order valence-electron chi connectivity index (χ2n) is 6.81. The van der Waals surface area contributed by atoms with Gasteiger partial charge in [-0.2, -0.15) is 0 Å². The first-order chi connectivity index (χ1) is 11.8. The lowest BCUT2D eigenvalue weighted by Gasteiger charge is -2.23. The van der Waals surface area contributed by atoms with Gasteiger partial charge < -0.3 is 10.1 Å². The topological polar surface area (TPSA) is 34.1 Å². The summed E-state index contributed by atoms with van der Waals surface area (Å²) in [5, 5.41) is 3.75. The van der Waals surface area contributed by atoms with Gasteiger partial charge in [0.1, 0.15) is 6.67 Å². The van der Waals surface area contributed by atoms with Crippen molar-refractivity contribution in [1.82, 2.24) is 10.3 Å². The van der Waals surface area contributed by atoms with Crippen LogP contribution in [-0.4, -0.2) is 30.3 Å². The van der Waals surface area contributed by atoms with E-state index in [1.54, 1.807) is 6.07 Å². The summed E-state index contributed by atoms with van der Waals surface area (Å²) >= 11 is 0. The normalized spacial score (nSPS) is 24.0. The van der Waals surface area contributed by atoms with E-state index in [1.807, 2.05) is 24.4 Å². The van der Waals surface area contributed by atoms with Crippen LogP contribution in [0.4, 0.5) is 4.39 Å². The zero-order valence-corrected chi connectivity index (χ0v) is 13.7. The maximum atomic E-state index is 12.8. The van der Waals surface area contributed by atoms with Crippen LogP contribution < -0.4 is 5.32 Å². The van der Waals surface area contributed by atoms with E-state index in [0.717, 1.165) is 37.3 Å². The molecule has 1 aliphatic carbocycles. The molecule has 1 saturated heterocycles. The molecule has 3 nitrogen and oxygen atoms in total. The minimum atomic E-state index is -0.437. The molecule has 1 aromatic heterocycles. The van der Waals surface area contributed by atoms with E-state index < -0.39 is 6.67 Å². The number of alkyl halides is 1. The molecular weight excluding hydrogens is 303 g/mol. The standard InChI is InChI=1S/C20H23FN2O/c21-12-14-2-1-3-15(10-14)19-5-4-16(13-22-19)18-11-20(18)23-17-6-8-24-9-7-17/h1-5,10,13,17-18,20,23H,6-9,11-12H2/t18-,20+/m1/s1. The highest BCUT2D eigenvalue weighted by Crippen LogP contribution is 2.41. The Morgan fingerprint density at radius 2 is 2.04 bits per heavy atom. The molecule has 4 heteroatoms. The van der Waals surface area contributed by atoms with Crippen LogP contribution in [-0.2, 0) is 11.4 Å². The van der Waals surface area contributed by atoms with Gasteiger partial charge in [-0.3, -0.25) is 4.98 Å². The Morgan fingerprint density at radius 1 is 1.17 bits per heavy atom. The first kappa shape index (κ1) is 15.7. The molecule has 2 heterocycles. The second-order valence-corrected chi connectivity index (χ2v) is 6.81. The fourth-order valence-electron chi connectivity index (χ4n) is 3.52. The van der Waals surface area contributed by atoms with Gasteiger partial charge in [0.2, 0.25) is 0 Å². The molecule has 126 valence electrons. The first-order valence-corrected chi connectivity index (χ1v) is 8.78. The summed E-state index contributed by atoms with van der Waals surface area (Å²) < 4.78 is 18.2. The Morgan fingerprint density at radius 3 is 2.79 bits per heavy atom. The summed E-state index contributed by atoms with van der Waals surface area (Å²) in [5.41, 5.74) is 3.87. The van der Waals surface area contributed by atoms with Crippen LogP contribution in [0.2, 0.25) is 0 Å². The highest BCUT2D eigenvalue weighted by atomic mass is 19.1. The van der Waals surface area contributed by atoms with E-state index in [9.17, 15) is 4.39 Å². The minimum absolute atomic E-state index is 0.437. The van der Waals surface area contributed by atoms with E-state index in [4.69, 9.17) is 4.74 Å². The van der Waals surface area contributed by atoms with Crippen LogP contribution in [0.5, 0.6) is 0 Å². The van der Waals surface area contributed by atoms with Crippen LogP contribution in [0.1, 0.15) is 36.3 Å². The van der Waals surface area contributed by atoms with Crippen molar-refractivity contribution in [3.63, 3.8) is 0 Å². The van der Waals surface area contributed by atoms with Gasteiger partial charge in [0.05, 0.1) is 5.69 Å². The van der Waals surface area contributed by atoms with Crippen molar-refractivity contribution >= 4 is 0 Å². The maximum Gasteiger partial charge on any atom is 0.115 e. The van der Waals surface area contributed by atoms with Crippen LogP contribution in [0.25, 0.3) is 11.3 Å². The molecule has 1 N–H and O–H groups in total. The lowest BCUT2D eigenvalue weighted by molar-refractivity contribution is 0.0774. The Hall–Kier alpha value is -1.78. The number of pyridine rings is 1. The summed E-state index contributed by atoms with van der Waals surface area (Å²) in [6.45, 7) is 1.32. The van der Waals surface area contributed by atoms with Crippen LogP contribution in [0.15, 0.2) is 42.6 Å². The van der Waals surface area contributed by atoms with Gasteiger partial charge in [-0.1, -0.05) is 24.3 Å². The summed E-state index contributed by atoms with van der Waals surface area (Å²) in [6, 6.07) is 12.9. The molecule has 2 fully saturated rings. The lowest BCUT2D eigenvalue weighted by atomic mass is 10.1. The Labute approximate surface area is 142 Å². The molecule has 0 unspecified atom stereocenters. The minimum Gasteiger partial charge on any atom is -0.381 e. The molecular formula is C20H23FN2O. The summed E-state index contributed by atoms with van der Waals surface area (Å²) in [5.74, 6) is 0.576. The number of aromatic nitrogens is 1. The van der Waals surface area contributed by atoms with Crippen molar-refractivity contribution in [2.75, 3.05) is 13.2 Å². The number of hydrogen-bond donors (Lipinski definition) is 1. The molecule has 24 heavy (non-hydrogen) atoms. The molecule has 2 aliphatic rings. The van der Waals surface area contributed by atoms with E-state index in [1.165, 1.54) is 12.0 Å². The fourth-order valence-corrected chi connectivity index (χ4v) is 3.52. The van der Waals surface area contributed by atoms with Crippen molar-refractivity contribution in [3.8, 4) is 11.3 Å². The van der Waals surface area contributed by atoms with E-state index in [-0.39, 0.29) is 0 Å². The molecule has 1 saturated carbocycles. The van der Waals surface area contributed by atoms with Gasteiger partial charge in [0.25, 0.3) is 0 Å². The smallest absolute Gasteiger partial charge is 0.115 e. The molecule has 2 aromatic rings. The fraction of sp³-hybridized carbons (Fsp3) is 0.450. The highest BCUT2D eigenvalue weighted by molar-refractivity contribution is 5.60. The summed E-state index contributed by atoms with van der Waals surface area (Å²) in [6.07, 6.45) is 5.40. The van der Waals surface area contributed by atoms with Crippen molar-refractivity contribution in [1.29, 1.82) is 0 Å². The van der Waals surface area contributed by atoms with Gasteiger partial charge in [-0.05, 0) is 42.5 Å². The number of rotatable bonds is 5.